The van der Waals surface area contributed by atoms with Gasteiger partial charge in [0, 0.05) is 43.3 Å². The highest BCUT2D eigenvalue weighted by molar-refractivity contribution is 6.34. The molecular weight excluding hydrogens is 537 g/mol. The summed E-state index contributed by atoms with van der Waals surface area (Å²) in [6, 6.07) is 11.6. The van der Waals surface area contributed by atoms with Crippen LogP contribution in [-0.4, -0.2) is 77.7 Å². The Morgan fingerprint density at radius 3 is 2.59 bits per heavy atom. The summed E-state index contributed by atoms with van der Waals surface area (Å²) in [6.45, 7) is 3.20. The number of carbonyl (C=O) groups is 2. The van der Waals surface area contributed by atoms with E-state index in [1.807, 2.05) is 0 Å². The lowest BCUT2D eigenvalue weighted by molar-refractivity contribution is -0.135. The number of aryl methyl sites for hydroxylation is 1. The average Bonchev–Trinajstić information content (AvgIpc) is 3.34. The van der Waals surface area contributed by atoms with E-state index in [1.165, 1.54) is 22.3 Å². The zero-order valence-electron chi connectivity index (χ0n) is 22.2. The fraction of sp³-hybridized carbons (Fsp3) is 0.467. The van der Waals surface area contributed by atoms with Crippen LogP contribution >= 0.6 is 23.2 Å². The molecule has 39 heavy (non-hydrogen) atoms. The summed E-state index contributed by atoms with van der Waals surface area (Å²) < 4.78 is 5.57. The van der Waals surface area contributed by atoms with Crippen molar-refractivity contribution in [2.75, 3.05) is 39.8 Å². The highest BCUT2D eigenvalue weighted by Gasteiger charge is 2.30. The predicted octanol–water partition coefficient (Wildman–Crippen LogP) is 5.32. The lowest BCUT2D eigenvalue weighted by Crippen LogP contribution is -2.47. The third-order valence-electron chi connectivity index (χ3n) is 8.00. The van der Waals surface area contributed by atoms with Gasteiger partial charge in [-0.05, 0) is 84.2 Å². The quantitative estimate of drug-likeness (QED) is 0.507. The number of benzene rings is 2. The van der Waals surface area contributed by atoms with Crippen LogP contribution in [0.1, 0.15) is 54.0 Å². The smallest absolute Gasteiger partial charge is 0.410 e. The number of carbonyl (C=O) groups excluding carboxylic acids is 2. The molecule has 1 aliphatic carbocycles. The minimum Gasteiger partial charge on any atom is -0.445 e. The van der Waals surface area contributed by atoms with Gasteiger partial charge >= 0.3 is 6.09 Å². The molecule has 2 unspecified atom stereocenters. The summed E-state index contributed by atoms with van der Waals surface area (Å²) in [7, 11) is 1.79. The zero-order valence-corrected chi connectivity index (χ0v) is 23.8. The molecule has 2 aromatic rings. The molecule has 0 aromatic heterocycles. The topological polar surface area (TPSA) is 73.3 Å². The van der Waals surface area contributed by atoms with Gasteiger partial charge in [-0.2, -0.15) is 0 Å². The SMILES string of the molecule is CN(C(=O)OCc1cc(Cl)cc(Cl)c1)C1CCc2ccc(C3=CCN(CC(=O)N4CCCC(O)C4)CC3)cc21. The molecule has 0 spiro atoms. The number of aliphatic hydroxyl groups excluding tert-OH is 1. The van der Waals surface area contributed by atoms with Gasteiger partial charge in [-0.3, -0.25) is 9.69 Å². The molecular formula is C30H35Cl2N3O4. The first-order valence-corrected chi connectivity index (χ1v) is 14.4. The van der Waals surface area contributed by atoms with E-state index in [0.29, 0.717) is 23.1 Å². The Morgan fingerprint density at radius 1 is 1.08 bits per heavy atom. The molecule has 1 N–H and O–H groups in total. The number of nitrogens with zero attached hydrogens (tertiary/aromatic N) is 3. The Kier molecular flexibility index (Phi) is 8.82. The summed E-state index contributed by atoms with van der Waals surface area (Å²) in [5.41, 5.74) is 5.61. The summed E-state index contributed by atoms with van der Waals surface area (Å²) in [5, 5.41) is 10.9. The predicted molar refractivity (Wildman–Crippen MR) is 153 cm³/mol. The van der Waals surface area contributed by atoms with Crippen LogP contribution < -0.4 is 0 Å². The van der Waals surface area contributed by atoms with Gasteiger partial charge in [0.25, 0.3) is 0 Å². The van der Waals surface area contributed by atoms with Crippen LogP contribution in [0.25, 0.3) is 5.57 Å². The molecule has 2 atom stereocenters. The largest absolute Gasteiger partial charge is 0.445 e. The molecule has 0 radical (unpaired) electrons. The van der Waals surface area contributed by atoms with E-state index in [2.05, 4.69) is 29.2 Å². The van der Waals surface area contributed by atoms with Gasteiger partial charge < -0.3 is 19.6 Å². The maximum atomic E-state index is 12.9. The second kappa shape index (κ2) is 12.3. The van der Waals surface area contributed by atoms with E-state index in [-0.39, 0.29) is 24.6 Å². The molecule has 7 nitrogen and oxygen atoms in total. The molecule has 0 saturated carbocycles. The van der Waals surface area contributed by atoms with E-state index in [4.69, 9.17) is 27.9 Å². The number of halogens is 2. The van der Waals surface area contributed by atoms with E-state index in [9.17, 15) is 14.7 Å². The number of fused-ring (bicyclic) bond motifs is 1. The van der Waals surface area contributed by atoms with Crippen LogP contribution in [0.5, 0.6) is 0 Å². The fourth-order valence-electron chi connectivity index (χ4n) is 5.84. The van der Waals surface area contributed by atoms with Crippen molar-refractivity contribution in [2.24, 2.45) is 0 Å². The van der Waals surface area contributed by atoms with Crippen molar-refractivity contribution in [3.8, 4) is 0 Å². The number of piperidine rings is 1. The minimum atomic E-state index is -0.401. The lowest BCUT2D eigenvalue weighted by atomic mass is 9.95. The van der Waals surface area contributed by atoms with Crippen LogP contribution in [0.2, 0.25) is 10.0 Å². The minimum absolute atomic E-state index is 0.0476. The van der Waals surface area contributed by atoms with Crippen molar-refractivity contribution < 1.29 is 19.4 Å². The van der Waals surface area contributed by atoms with Crippen LogP contribution in [-0.2, 0) is 22.6 Å². The molecule has 2 amide bonds. The molecule has 5 rings (SSSR count). The van der Waals surface area contributed by atoms with E-state index in [0.717, 1.165) is 57.3 Å². The van der Waals surface area contributed by atoms with Crippen LogP contribution in [0, 0.1) is 0 Å². The molecule has 1 fully saturated rings. The molecule has 2 aliphatic heterocycles. The molecule has 3 aliphatic rings. The number of amides is 2. The Labute approximate surface area is 239 Å². The Bertz CT molecular complexity index is 1250. The zero-order chi connectivity index (χ0) is 27.5. The van der Waals surface area contributed by atoms with Gasteiger partial charge in [-0.1, -0.05) is 41.4 Å². The normalized spacial score (nSPS) is 21.3. The third kappa shape index (κ3) is 6.77. The molecule has 2 aromatic carbocycles. The fourth-order valence-corrected chi connectivity index (χ4v) is 6.41. The van der Waals surface area contributed by atoms with Gasteiger partial charge in [0.05, 0.1) is 18.7 Å². The van der Waals surface area contributed by atoms with Crippen molar-refractivity contribution >= 4 is 40.8 Å². The lowest BCUT2D eigenvalue weighted by Gasteiger charge is -2.33. The van der Waals surface area contributed by atoms with Gasteiger partial charge in [0.1, 0.15) is 6.61 Å². The van der Waals surface area contributed by atoms with Crippen molar-refractivity contribution in [1.82, 2.24) is 14.7 Å². The van der Waals surface area contributed by atoms with E-state index < -0.39 is 6.10 Å². The Balaban J connectivity index is 1.19. The third-order valence-corrected chi connectivity index (χ3v) is 8.44. The molecule has 1 saturated heterocycles. The maximum absolute atomic E-state index is 12.9. The highest BCUT2D eigenvalue weighted by Crippen LogP contribution is 2.38. The standard InChI is InChI=1S/C30H35Cl2N3O4/c1-33(30(38)39-19-20-13-24(31)16-25(32)14-20)28-7-6-22-4-5-23(15-27(22)28)21-8-11-34(12-9-21)18-29(37)35-10-2-3-26(36)17-35/h4-5,8,13-16,26,28,36H,2-3,6-7,9-12,17-19H2,1H3. The number of hydrogen-bond acceptors (Lipinski definition) is 5. The number of likely N-dealkylation sites (tertiary alicyclic amines) is 1. The molecule has 208 valence electrons. The number of ether oxygens (including phenoxy) is 1. The van der Waals surface area contributed by atoms with Crippen molar-refractivity contribution in [3.05, 3.63) is 74.8 Å². The van der Waals surface area contributed by atoms with Gasteiger partial charge in [-0.15, -0.1) is 0 Å². The second-order valence-corrected chi connectivity index (χ2v) is 11.6. The van der Waals surface area contributed by atoms with E-state index in [1.54, 1.807) is 35.0 Å². The van der Waals surface area contributed by atoms with Crippen molar-refractivity contribution in [2.45, 2.75) is 50.9 Å². The van der Waals surface area contributed by atoms with Crippen molar-refractivity contribution in [3.63, 3.8) is 0 Å². The number of aliphatic hydroxyl groups is 1. The first kappa shape index (κ1) is 28.0. The van der Waals surface area contributed by atoms with Crippen molar-refractivity contribution in [1.29, 1.82) is 0 Å². The number of hydrogen-bond donors (Lipinski definition) is 1. The first-order chi connectivity index (χ1) is 18.8. The summed E-state index contributed by atoms with van der Waals surface area (Å²) >= 11 is 12.1. The van der Waals surface area contributed by atoms with Crippen LogP contribution in [0.3, 0.4) is 0 Å². The monoisotopic (exact) mass is 571 g/mol. The van der Waals surface area contributed by atoms with Crippen LogP contribution in [0.15, 0.2) is 42.5 Å². The second-order valence-electron chi connectivity index (χ2n) is 10.8. The Morgan fingerprint density at radius 2 is 1.87 bits per heavy atom. The summed E-state index contributed by atoms with van der Waals surface area (Å²) in [6.07, 6.45) is 5.70. The molecule has 0 bridgehead atoms. The number of β-amino-alcohol motifs (C(OH)–C–C–N with tert-alkyl or cyclic N) is 1. The summed E-state index contributed by atoms with van der Waals surface area (Å²) in [4.78, 5) is 31.2. The Hall–Kier alpha value is -2.58. The van der Waals surface area contributed by atoms with E-state index >= 15 is 0 Å². The highest BCUT2D eigenvalue weighted by atomic mass is 35.5. The number of rotatable bonds is 6. The first-order valence-electron chi connectivity index (χ1n) is 13.6. The summed E-state index contributed by atoms with van der Waals surface area (Å²) in [5.74, 6) is 0.0966. The maximum Gasteiger partial charge on any atom is 0.410 e. The molecule has 2 heterocycles. The average molecular weight is 573 g/mol. The van der Waals surface area contributed by atoms with Crippen LogP contribution in [0.4, 0.5) is 4.79 Å². The van der Waals surface area contributed by atoms with Gasteiger partial charge in [0.2, 0.25) is 5.91 Å². The molecule has 9 heteroatoms. The van der Waals surface area contributed by atoms with Gasteiger partial charge in [0.15, 0.2) is 0 Å². The van der Waals surface area contributed by atoms with Gasteiger partial charge in [-0.25, -0.2) is 4.79 Å².